The minimum atomic E-state index is -0.115. The van der Waals surface area contributed by atoms with E-state index in [1.165, 1.54) is 5.56 Å². The lowest BCUT2D eigenvalue weighted by Gasteiger charge is -2.27. The summed E-state index contributed by atoms with van der Waals surface area (Å²) in [5.74, 6) is 0. The van der Waals surface area contributed by atoms with Gasteiger partial charge in [0.1, 0.15) is 0 Å². The molecule has 0 amide bonds. The summed E-state index contributed by atoms with van der Waals surface area (Å²) in [6.07, 6.45) is 1.99. The van der Waals surface area contributed by atoms with Crippen molar-refractivity contribution in [1.29, 1.82) is 0 Å². The maximum Gasteiger partial charge on any atom is 0.0610 e. The van der Waals surface area contributed by atoms with Gasteiger partial charge < -0.3 is 10.4 Å². The molecule has 1 aromatic rings. The van der Waals surface area contributed by atoms with Gasteiger partial charge in [-0.25, -0.2) is 0 Å². The zero-order chi connectivity index (χ0) is 10.4. The second kappa shape index (κ2) is 5.49. The Morgan fingerprint density at radius 2 is 2.36 bits per heavy atom. The van der Waals surface area contributed by atoms with E-state index in [-0.39, 0.29) is 12.1 Å². The molecule has 80 valence electrons. The van der Waals surface area contributed by atoms with E-state index in [1.807, 2.05) is 0 Å². The average Bonchev–Trinajstić information content (AvgIpc) is 2.70. The van der Waals surface area contributed by atoms with Gasteiger partial charge in [-0.15, -0.1) is 0 Å². The highest BCUT2D eigenvalue weighted by molar-refractivity contribution is 7.07. The van der Waals surface area contributed by atoms with Crippen molar-refractivity contribution in [2.24, 2.45) is 0 Å². The Morgan fingerprint density at radius 1 is 1.57 bits per heavy atom. The summed E-state index contributed by atoms with van der Waals surface area (Å²) in [5.41, 5.74) is 1.26. The molecule has 0 spiro atoms. The first-order valence-electron chi connectivity index (χ1n) is 5.07. The first kappa shape index (κ1) is 11.7. The fraction of sp³-hybridized carbons (Fsp3) is 0.636. The van der Waals surface area contributed by atoms with Crippen LogP contribution in [0.1, 0.15) is 25.8 Å². The third-order valence-electron chi connectivity index (χ3n) is 2.67. The number of hydrogen-bond donors (Lipinski definition) is 2. The molecule has 0 bridgehead atoms. The molecule has 0 aliphatic rings. The zero-order valence-electron chi connectivity index (χ0n) is 8.92. The van der Waals surface area contributed by atoms with Crippen LogP contribution in [-0.4, -0.2) is 23.8 Å². The average molecular weight is 213 g/mol. The van der Waals surface area contributed by atoms with Crippen LogP contribution in [0, 0.1) is 0 Å². The van der Waals surface area contributed by atoms with Gasteiger partial charge in [0, 0.05) is 5.54 Å². The molecule has 14 heavy (non-hydrogen) atoms. The second-order valence-electron chi connectivity index (χ2n) is 3.88. The third-order valence-corrected chi connectivity index (χ3v) is 3.41. The maximum absolute atomic E-state index is 9.18. The van der Waals surface area contributed by atoms with Crippen molar-refractivity contribution >= 4 is 11.3 Å². The van der Waals surface area contributed by atoms with Gasteiger partial charge in [-0.2, -0.15) is 11.3 Å². The van der Waals surface area contributed by atoms with Crippen LogP contribution in [0.5, 0.6) is 0 Å². The Kier molecular flexibility index (Phi) is 4.58. The van der Waals surface area contributed by atoms with Gasteiger partial charge >= 0.3 is 0 Å². The Balaban J connectivity index is 2.27. The molecule has 0 radical (unpaired) electrons. The Morgan fingerprint density at radius 3 is 2.86 bits per heavy atom. The van der Waals surface area contributed by atoms with Crippen LogP contribution in [0.25, 0.3) is 0 Å². The van der Waals surface area contributed by atoms with E-state index in [0.717, 1.165) is 19.4 Å². The van der Waals surface area contributed by atoms with Gasteiger partial charge in [0.2, 0.25) is 0 Å². The van der Waals surface area contributed by atoms with Crippen LogP contribution in [0.3, 0.4) is 0 Å². The van der Waals surface area contributed by atoms with Crippen molar-refractivity contribution in [2.45, 2.75) is 32.2 Å². The topological polar surface area (TPSA) is 32.3 Å². The summed E-state index contributed by atoms with van der Waals surface area (Å²) in [6, 6.07) is 2.15. The molecule has 1 atom stereocenters. The highest BCUT2D eigenvalue weighted by Gasteiger charge is 2.18. The fourth-order valence-electron chi connectivity index (χ4n) is 1.24. The normalized spacial score (nSPS) is 15.4. The van der Waals surface area contributed by atoms with E-state index < -0.39 is 0 Å². The lowest BCUT2D eigenvalue weighted by atomic mass is 10.00. The molecule has 1 heterocycles. The van der Waals surface area contributed by atoms with Gasteiger partial charge in [0.15, 0.2) is 0 Å². The van der Waals surface area contributed by atoms with Gasteiger partial charge in [0.05, 0.1) is 6.61 Å². The minimum absolute atomic E-state index is 0.115. The summed E-state index contributed by atoms with van der Waals surface area (Å²) >= 11 is 1.73. The minimum Gasteiger partial charge on any atom is -0.394 e. The zero-order valence-corrected chi connectivity index (χ0v) is 9.73. The molecular weight excluding hydrogens is 194 g/mol. The monoisotopic (exact) mass is 213 g/mol. The lowest BCUT2D eigenvalue weighted by molar-refractivity contribution is 0.171. The summed E-state index contributed by atoms with van der Waals surface area (Å²) in [5, 5.41) is 16.8. The maximum atomic E-state index is 9.18. The molecule has 0 aromatic carbocycles. The number of nitrogens with one attached hydrogen (secondary N) is 1. The molecule has 0 aliphatic heterocycles. The third kappa shape index (κ3) is 3.40. The highest BCUT2D eigenvalue weighted by atomic mass is 32.1. The van der Waals surface area contributed by atoms with Crippen molar-refractivity contribution in [1.82, 2.24) is 5.32 Å². The number of aliphatic hydroxyl groups excluding tert-OH is 1. The summed E-state index contributed by atoms with van der Waals surface area (Å²) < 4.78 is 0. The molecule has 0 saturated heterocycles. The predicted octanol–water partition coefficient (Wildman–Crippen LogP) is 2.04. The molecule has 0 aliphatic carbocycles. The Bertz CT molecular complexity index is 242. The van der Waals surface area contributed by atoms with Crippen molar-refractivity contribution in [3.8, 4) is 0 Å². The highest BCUT2D eigenvalue weighted by Crippen LogP contribution is 2.09. The van der Waals surface area contributed by atoms with E-state index >= 15 is 0 Å². The number of rotatable bonds is 6. The van der Waals surface area contributed by atoms with Crippen LogP contribution in [0.2, 0.25) is 0 Å². The van der Waals surface area contributed by atoms with Crippen LogP contribution in [0.15, 0.2) is 16.8 Å². The molecule has 3 heteroatoms. The smallest absolute Gasteiger partial charge is 0.0610 e. The largest absolute Gasteiger partial charge is 0.394 e. The van der Waals surface area contributed by atoms with Gasteiger partial charge in [-0.1, -0.05) is 6.92 Å². The summed E-state index contributed by atoms with van der Waals surface area (Å²) in [4.78, 5) is 0. The molecule has 2 N–H and O–H groups in total. The first-order chi connectivity index (χ1) is 6.70. The SMILES string of the molecule is CCC(C)(CO)NCCc1ccsc1. The molecule has 1 unspecified atom stereocenters. The van der Waals surface area contributed by atoms with Gasteiger partial charge in [0.25, 0.3) is 0 Å². The summed E-state index contributed by atoms with van der Waals surface area (Å²) in [7, 11) is 0. The molecule has 1 aromatic heterocycles. The molecular formula is C11H19NOS. The number of hydrogen-bond acceptors (Lipinski definition) is 3. The van der Waals surface area contributed by atoms with E-state index in [2.05, 4.69) is 36.0 Å². The second-order valence-corrected chi connectivity index (χ2v) is 4.66. The molecule has 1 rings (SSSR count). The van der Waals surface area contributed by atoms with Gasteiger partial charge in [-0.3, -0.25) is 0 Å². The van der Waals surface area contributed by atoms with Crippen molar-refractivity contribution in [2.75, 3.05) is 13.2 Å². The van der Waals surface area contributed by atoms with Gasteiger partial charge in [-0.05, 0) is 48.7 Å². The quantitative estimate of drug-likeness (QED) is 0.758. The van der Waals surface area contributed by atoms with E-state index in [0.29, 0.717) is 0 Å². The van der Waals surface area contributed by atoms with Crippen LogP contribution >= 0.6 is 11.3 Å². The van der Waals surface area contributed by atoms with E-state index in [1.54, 1.807) is 11.3 Å². The molecule has 0 fully saturated rings. The fourth-order valence-corrected chi connectivity index (χ4v) is 1.94. The number of thiophene rings is 1. The first-order valence-corrected chi connectivity index (χ1v) is 6.01. The van der Waals surface area contributed by atoms with Crippen molar-refractivity contribution in [3.63, 3.8) is 0 Å². The van der Waals surface area contributed by atoms with Crippen molar-refractivity contribution < 1.29 is 5.11 Å². The molecule has 2 nitrogen and oxygen atoms in total. The Labute approximate surface area is 90.0 Å². The predicted molar refractivity (Wildman–Crippen MR) is 61.8 cm³/mol. The van der Waals surface area contributed by atoms with Crippen LogP contribution < -0.4 is 5.32 Å². The lowest BCUT2D eigenvalue weighted by Crippen LogP contribution is -2.45. The van der Waals surface area contributed by atoms with Crippen LogP contribution in [0.4, 0.5) is 0 Å². The Hall–Kier alpha value is -0.380. The molecule has 0 saturated carbocycles. The van der Waals surface area contributed by atoms with Crippen molar-refractivity contribution in [3.05, 3.63) is 22.4 Å². The number of aliphatic hydroxyl groups is 1. The summed E-state index contributed by atoms with van der Waals surface area (Å²) in [6.45, 7) is 5.28. The van der Waals surface area contributed by atoms with E-state index in [9.17, 15) is 5.11 Å². The van der Waals surface area contributed by atoms with Crippen LogP contribution in [-0.2, 0) is 6.42 Å². The standard InChI is InChI=1S/C11H19NOS/c1-3-11(2,9-13)12-6-4-10-5-7-14-8-10/h5,7-8,12-13H,3-4,6,9H2,1-2H3. The van der Waals surface area contributed by atoms with E-state index in [4.69, 9.17) is 0 Å².